The second kappa shape index (κ2) is 5.43. The maximum Gasteiger partial charge on any atom is 0.273 e. The summed E-state index contributed by atoms with van der Waals surface area (Å²) in [5.74, 6) is -0.0501. The Morgan fingerprint density at radius 3 is 2.68 bits per heavy atom. The maximum absolute atomic E-state index is 11.8. The highest BCUT2D eigenvalue weighted by atomic mass is 16.3. The number of carbonyl (C=O) groups is 1. The van der Waals surface area contributed by atoms with Crippen molar-refractivity contribution in [3.8, 4) is 5.75 Å². The van der Waals surface area contributed by atoms with Gasteiger partial charge in [0, 0.05) is 19.8 Å². The van der Waals surface area contributed by atoms with Gasteiger partial charge in [0.2, 0.25) is 0 Å². The molecular formula is C13H16N4O2. The predicted molar refractivity (Wildman–Crippen MR) is 71.8 cm³/mol. The van der Waals surface area contributed by atoms with Crippen molar-refractivity contribution >= 4 is 11.6 Å². The molecule has 0 bridgehead atoms. The van der Waals surface area contributed by atoms with Gasteiger partial charge in [-0.25, -0.2) is 0 Å². The van der Waals surface area contributed by atoms with E-state index in [4.69, 9.17) is 10.8 Å². The number of carbonyl (C=O) groups excluding carboxylic acids is 1. The van der Waals surface area contributed by atoms with E-state index in [1.807, 2.05) is 12.1 Å². The number of nitrogens with one attached hydrogen (secondary N) is 1. The van der Waals surface area contributed by atoms with Gasteiger partial charge < -0.3 is 16.2 Å². The van der Waals surface area contributed by atoms with Gasteiger partial charge in [0.05, 0.1) is 5.69 Å². The number of anilines is 1. The largest absolute Gasteiger partial charge is 0.508 e. The van der Waals surface area contributed by atoms with Crippen LogP contribution in [-0.4, -0.2) is 27.3 Å². The Hall–Kier alpha value is -2.50. The van der Waals surface area contributed by atoms with E-state index in [0.717, 1.165) is 5.56 Å². The SMILES string of the molecule is Cn1cc(N)c(C(=O)NCCc2ccc(O)cc2)n1. The van der Waals surface area contributed by atoms with Crippen molar-refractivity contribution in [3.63, 3.8) is 0 Å². The number of aryl methyl sites for hydroxylation is 1. The third kappa shape index (κ3) is 3.25. The molecule has 4 N–H and O–H groups in total. The number of rotatable bonds is 4. The van der Waals surface area contributed by atoms with Crippen LogP contribution >= 0.6 is 0 Å². The van der Waals surface area contributed by atoms with Crippen molar-refractivity contribution in [1.29, 1.82) is 0 Å². The van der Waals surface area contributed by atoms with Crippen LogP contribution in [0.1, 0.15) is 16.1 Å². The molecule has 0 saturated heterocycles. The van der Waals surface area contributed by atoms with Crippen molar-refractivity contribution in [2.24, 2.45) is 7.05 Å². The maximum atomic E-state index is 11.8. The highest BCUT2D eigenvalue weighted by Gasteiger charge is 2.12. The first kappa shape index (κ1) is 12.9. The van der Waals surface area contributed by atoms with Crippen LogP contribution < -0.4 is 11.1 Å². The molecule has 0 unspecified atom stereocenters. The minimum Gasteiger partial charge on any atom is -0.508 e. The average Bonchev–Trinajstić information content (AvgIpc) is 2.71. The zero-order valence-corrected chi connectivity index (χ0v) is 10.6. The third-order valence-electron chi connectivity index (χ3n) is 2.71. The topological polar surface area (TPSA) is 93.2 Å². The summed E-state index contributed by atoms with van der Waals surface area (Å²) in [6.07, 6.45) is 2.27. The molecule has 100 valence electrons. The molecule has 2 aromatic rings. The number of nitrogen functional groups attached to an aromatic ring is 1. The third-order valence-corrected chi connectivity index (χ3v) is 2.71. The van der Waals surface area contributed by atoms with E-state index in [1.54, 1.807) is 25.4 Å². The molecule has 2 rings (SSSR count). The molecule has 19 heavy (non-hydrogen) atoms. The average molecular weight is 260 g/mol. The Bertz CT molecular complexity index is 575. The quantitative estimate of drug-likeness (QED) is 0.753. The second-order valence-electron chi connectivity index (χ2n) is 4.28. The van der Waals surface area contributed by atoms with E-state index in [0.29, 0.717) is 18.7 Å². The molecule has 0 atom stereocenters. The molecule has 0 spiro atoms. The van der Waals surface area contributed by atoms with Gasteiger partial charge in [-0.05, 0) is 24.1 Å². The number of benzene rings is 1. The van der Waals surface area contributed by atoms with Gasteiger partial charge in [0.15, 0.2) is 5.69 Å². The summed E-state index contributed by atoms with van der Waals surface area (Å²) >= 11 is 0. The zero-order valence-electron chi connectivity index (χ0n) is 10.6. The molecule has 0 radical (unpaired) electrons. The van der Waals surface area contributed by atoms with Crippen LogP contribution in [0.25, 0.3) is 0 Å². The normalized spacial score (nSPS) is 10.4. The van der Waals surface area contributed by atoms with Crippen molar-refractivity contribution in [3.05, 3.63) is 41.7 Å². The number of phenols is 1. The summed E-state index contributed by atoms with van der Waals surface area (Å²) in [4.78, 5) is 11.8. The van der Waals surface area contributed by atoms with Gasteiger partial charge in [-0.15, -0.1) is 0 Å². The van der Waals surface area contributed by atoms with E-state index in [2.05, 4.69) is 10.4 Å². The van der Waals surface area contributed by atoms with Crippen LogP contribution in [0.15, 0.2) is 30.5 Å². The molecular weight excluding hydrogens is 244 g/mol. The summed E-state index contributed by atoms with van der Waals surface area (Å²) in [7, 11) is 1.71. The van der Waals surface area contributed by atoms with Crippen LogP contribution in [0.4, 0.5) is 5.69 Å². The van der Waals surface area contributed by atoms with E-state index < -0.39 is 0 Å². The first-order chi connectivity index (χ1) is 9.06. The van der Waals surface area contributed by atoms with Crippen LogP contribution in [0.3, 0.4) is 0 Å². The Morgan fingerprint density at radius 1 is 1.42 bits per heavy atom. The van der Waals surface area contributed by atoms with Crippen molar-refractivity contribution in [2.45, 2.75) is 6.42 Å². The molecule has 1 amide bonds. The van der Waals surface area contributed by atoms with Gasteiger partial charge in [0.25, 0.3) is 5.91 Å². The van der Waals surface area contributed by atoms with E-state index in [-0.39, 0.29) is 17.4 Å². The Labute approximate surface area is 110 Å². The number of hydrogen-bond donors (Lipinski definition) is 3. The van der Waals surface area contributed by atoms with Gasteiger partial charge in [-0.1, -0.05) is 12.1 Å². The molecule has 6 heteroatoms. The number of hydrogen-bond acceptors (Lipinski definition) is 4. The number of nitrogens with two attached hydrogens (primary N) is 1. The lowest BCUT2D eigenvalue weighted by Gasteiger charge is -2.04. The van der Waals surface area contributed by atoms with E-state index in [9.17, 15) is 4.79 Å². The van der Waals surface area contributed by atoms with Crippen molar-refractivity contribution in [2.75, 3.05) is 12.3 Å². The Balaban J connectivity index is 1.87. The van der Waals surface area contributed by atoms with Crippen LogP contribution in [0, 0.1) is 0 Å². The summed E-state index contributed by atoms with van der Waals surface area (Å²) in [5, 5.41) is 15.9. The summed E-state index contributed by atoms with van der Waals surface area (Å²) in [6, 6.07) is 6.87. The summed E-state index contributed by atoms with van der Waals surface area (Å²) in [5.41, 5.74) is 7.31. The predicted octanol–water partition coefficient (Wildman–Crippen LogP) is 0.680. The lowest BCUT2D eigenvalue weighted by molar-refractivity contribution is 0.0949. The lowest BCUT2D eigenvalue weighted by atomic mass is 10.1. The van der Waals surface area contributed by atoms with Gasteiger partial charge in [-0.2, -0.15) is 5.10 Å². The molecule has 0 aliphatic heterocycles. The number of phenolic OH excluding ortho intramolecular Hbond substituents is 1. The monoisotopic (exact) mass is 260 g/mol. The highest BCUT2D eigenvalue weighted by Crippen LogP contribution is 2.10. The molecule has 0 fully saturated rings. The van der Waals surface area contributed by atoms with E-state index in [1.165, 1.54) is 4.68 Å². The van der Waals surface area contributed by atoms with Gasteiger partial charge >= 0.3 is 0 Å². The minimum atomic E-state index is -0.281. The van der Waals surface area contributed by atoms with Gasteiger partial charge in [0.1, 0.15) is 5.75 Å². The molecule has 1 aromatic carbocycles. The molecule has 1 heterocycles. The first-order valence-corrected chi connectivity index (χ1v) is 5.91. The van der Waals surface area contributed by atoms with Crippen LogP contribution in [0.5, 0.6) is 5.75 Å². The molecule has 1 aromatic heterocycles. The smallest absolute Gasteiger partial charge is 0.273 e. The Morgan fingerprint density at radius 2 is 2.11 bits per heavy atom. The summed E-state index contributed by atoms with van der Waals surface area (Å²) < 4.78 is 1.50. The Kier molecular flexibility index (Phi) is 3.70. The van der Waals surface area contributed by atoms with Crippen molar-refractivity contribution < 1.29 is 9.90 Å². The summed E-state index contributed by atoms with van der Waals surface area (Å²) in [6.45, 7) is 0.486. The second-order valence-corrected chi connectivity index (χ2v) is 4.28. The first-order valence-electron chi connectivity index (χ1n) is 5.91. The molecule has 0 aliphatic carbocycles. The number of aromatic hydroxyl groups is 1. The number of amides is 1. The standard InChI is InChI=1S/C13H16N4O2/c1-17-8-11(14)12(16-17)13(19)15-7-6-9-2-4-10(18)5-3-9/h2-5,8,18H,6-7,14H2,1H3,(H,15,19). The fourth-order valence-electron chi connectivity index (χ4n) is 1.75. The number of aromatic nitrogens is 2. The molecule has 6 nitrogen and oxygen atoms in total. The molecule has 0 aliphatic rings. The van der Waals surface area contributed by atoms with Crippen molar-refractivity contribution in [1.82, 2.24) is 15.1 Å². The fraction of sp³-hybridized carbons (Fsp3) is 0.231. The van der Waals surface area contributed by atoms with E-state index >= 15 is 0 Å². The van der Waals surface area contributed by atoms with Gasteiger partial charge in [-0.3, -0.25) is 9.48 Å². The fourth-order valence-corrected chi connectivity index (χ4v) is 1.75. The van der Waals surface area contributed by atoms with Crippen LogP contribution in [0.2, 0.25) is 0 Å². The lowest BCUT2D eigenvalue weighted by Crippen LogP contribution is -2.26. The number of nitrogens with zero attached hydrogens (tertiary/aromatic N) is 2. The zero-order chi connectivity index (χ0) is 13.8. The van der Waals surface area contributed by atoms with Crippen LogP contribution in [-0.2, 0) is 13.5 Å². The molecule has 0 saturated carbocycles. The minimum absolute atomic E-state index is 0.231. The highest BCUT2D eigenvalue weighted by molar-refractivity contribution is 5.96.